The van der Waals surface area contributed by atoms with Crippen molar-refractivity contribution in [1.29, 1.82) is 0 Å². The van der Waals surface area contributed by atoms with Crippen molar-refractivity contribution in [3.05, 3.63) is 59.7 Å². The zero-order valence-electron chi connectivity index (χ0n) is 14.8. The number of imide groups is 1. The predicted octanol–water partition coefficient (Wildman–Crippen LogP) is 2.12. The topological polar surface area (TPSA) is 102 Å². The lowest BCUT2D eigenvalue weighted by molar-refractivity contribution is -0.165. The molecule has 28 heavy (non-hydrogen) atoms. The first-order valence-electron chi connectivity index (χ1n) is 8.20. The van der Waals surface area contributed by atoms with Crippen molar-refractivity contribution in [2.24, 2.45) is 0 Å². The molecule has 8 nitrogen and oxygen atoms in total. The van der Waals surface area contributed by atoms with E-state index in [-0.39, 0.29) is 28.5 Å². The standard InChI is InChI=1S/C19H16N2O6S/c1-26-13-8-6-12(7-9-13)20-16(22)10-28-11-17(23)27-21-18(24)14-4-2-3-5-15(14)19(21)25/h2-9H,10-11H2,1H3,(H,20,22). The molecule has 0 aliphatic carbocycles. The number of fused-ring (bicyclic) bond motifs is 1. The Morgan fingerprint density at radius 2 is 1.57 bits per heavy atom. The highest BCUT2D eigenvalue weighted by molar-refractivity contribution is 8.00. The van der Waals surface area contributed by atoms with Crippen LogP contribution < -0.4 is 10.1 Å². The number of hydrogen-bond acceptors (Lipinski definition) is 7. The number of hydrogen-bond donors (Lipinski definition) is 1. The summed E-state index contributed by atoms with van der Waals surface area (Å²) in [7, 11) is 1.55. The third-order valence-electron chi connectivity index (χ3n) is 3.78. The number of methoxy groups -OCH3 is 1. The first-order valence-corrected chi connectivity index (χ1v) is 9.35. The molecule has 3 amide bonds. The smallest absolute Gasteiger partial charge is 0.343 e. The molecule has 3 rings (SSSR count). The number of ether oxygens (including phenoxy) is 1. The first-order chi connectivity index (χ1) is 13.5. The second-order valence-electron chi connectivity index (χ2n) is 5.68. The highest BCUT2D eigenvalue weighted by Crippen LogP contribution is 2.23. The number of rotatable bonds is 7. The van der Waals surface area contributed by atoms with Crippen LogP contribution in [-0.2, 0) is 14.4 Å². The van der Waals surface area contributed by atoms with Crippen LogP contribution in [-0.4, -0.2) is 47.4 Å². The normalized spacial score (nSPS) is 12.5. The van der Waals surface area contributed by atoms with E-state index in [1.54, 1.807) is 43.5 Å². The van der Waals surface area contributed by atoms with Gasteiger partial charge in [0.05, 0.1) is 29.7 Å². The van der Waals surface area contributed by atoms with E-state index in [2.05, 4.69) is 5.32 Å². The summed E-state index contributed by atoms with van der Waals surface area (Å²) >= 11 is 1.01. The van der Waals surface area contributed by atoms with E-state index in [9.17, 15) is 19.2 Å². The van der Waals surface area contributed by atoms with E-state index in [0.717, 1.165) is 11.8 Å². The van der Waals surface area contributed by atoms with Gasteiger partial charge in [-0.25, -0.2) is 4.79 Å². The number of thioether (sulfide) groups is 1. The summed E-state index contributed by atoms with van der Waals surface area (Å²) in [4.78, 5) is 52.9. The molecule has 1 aliphatic rings. The zero-order chi connectivity index (χ0) is 20.1. The Kier molecular flexibility index (Phi) is 5.95. The van der Waals surface area contributed by atoms with Gasteiger partial charge in [-0.05, 0) is 36.4 Å². The number of anilines is 1. The Morgan fingerprint density at radius 3 is 2.14 bits per heavy atom. The summed E-state index contributed by atoms with van der Waals surface area (Å²) in [5, 5.41) is 3.13. The van der Waals surface area contributed by atoms with Gasteiger partial charge in [0.15, 0.2) is 0 Å². The SMILES string of the molecule is COc1ccc(NC(=O)CSCC(=O)ON2C(=O)c3ccccc3C2=O)cc1. The van der Waals surface area contributed by atoms with E-state index in [4.69, 9.17) is 9.57 Å². The van der Waals surface area contributed by atoms with Gasteiger partial charge < -0.3 is 14.9 Å². The van der Waals surface area contributed by atoms with Crippen LogP contribution in [0, 0.1) is 0 Å². The predicted molar refractivity (Wildman–Crippen MR) is 102 cm³/mol. The van der Waals surface area contributed by atoms with Crippen molar-refractivity contribution in [3.8, 4) is 5.75 Å². The molecule has 0 aromatic heterocycles. The third-order valence-corrected chi connectivity index (χ3v) is 4.68. The van der Waals surface area contributed by atoms with Gasteiger partial charge in [0.2, 0.25) is 5.91 Å². The number of amides is 3. The second-order valence-corrected chi connectivity index (χ2v) is 6.67. The molecule has 1 aliphatic heterocycles. The molecule has 9 heteroatoms. The van der Waals surface area contributed by atoms with Gasteiger partial charge in [0.25, 0.3) is 11.8 Å². The second kappa shape index (κ2) is 8.57. The lowest BCUT2D eigenvalue weighted by Crippen LogP contribution is -2.33. The van der Waals surface area contributed by atoms with Crippen molar-refractivity contribution in [1.82, 2.24) is 5.06 Å². The number of nitrogens with zero attached hydrogens (tertiary/aromatic N) is 1. The van der Waals surface area contributed by atoms with E-state index in [0.29, 0.717) is 16.5 Å². The Balaban J connectivity index is 1.44. The quantitative estimate of drug-likeness (QED) is 0.710. The number of nitrogens with one attached hydrogen (secondary N) is 1. The molecule has 0 fully saturated rings. The molecule has 0 radical (unpaired) electrons. The minimum Gasteiger partial charge on any atom is -0.497 e. The van der Waals surface area contributed by atoms with Crippen LogP contribution in [0.4, 0.5) is 5.69 Å². The average Bonchev–Trinajstić information content (AvgIpc) is 2.94. The fraction of sp³-hybridized carbons (Fsp3) is 0.158. The van der Waals surface area contributed by atoms with Gasteiger partial charge in [0.1, 0.15) is 5.75 Å². The molecule has 2 aromatic carbocycles. The van der Waals surface area contributed by atoms with Gasteiger partial charge in [0, 0.05) is 5.69 Å². The van der Waals surface area contributed by atoms with Crippen LogP contribution in [0.3, 0.4) is 0 Å². The fourth-order valence-corrected chi connectivity index (χ4v) is 3.06. The lowest BCUT2D eigenvalue weighted by atomic mass is 10.1. The highest BCUT2D eigenvalue weighted by atomic mass is 32.2. The molecular weight excluding hydrogens is 384 g/mol. The zero-order valence-corrected chi connectivity index (χ0v) is 15.7. The molecule has 0 saturated heterocycles. The monoisotopic (exact) mass is 400 g/mol. The van der Waals surface area contributed by atoms with Crippen LogP contribution in [0.25, 0.3) is 0 Å². The molecule has 2 aromatic rings. The summed E-state index contributed by atoms with van der Waals surface area (Å²) in [6, 6.07) is 13.0. The van der Waals surface area contributed by atoms with Gasteiger partial charge in [-0.1, -0.05) is 17.2 Å². The summed E-state index contributed by atoms with van der Waals surface area (Å²) in [6.45, 7) is 0. The molecule has 0 saturated carbocycles. The van der Waals surface area contributed by atoms with Gasteiger partial charge in [-0.15, -0.1) is 11.8 Å². The molecule has 1 heterocycles. The molecule has 144 valence electrons. The first kappa shape index (κ1) is 19.4. The van der Waals surface area contributed by atoms with Crippen molar-refractivity contribution in [3.63, 3.8) is 0 Å². The van der Waals surface area contributed by atoms with Gasteiger partial charge in [-0.2, -0.15) is 0 Å². The maximum absolute atomic E-state index is 12.1. The summed E-state index contributed by atoms with van der Waals surface area (Å²) < 4.78 is 5.04. The van der Waals surface area contributed by atoms with E-state index >= 15 is 0 Å². The molecule has 0 unspecified atom stereocenters. The minimum atomic E-state index is -0.795. The van der Waals surface area contributed by atoms with Crippen molar-refractivity contribution in [2.75, 3.05) is 23.9 Å². The number of carbonyl (C=O) groups is 4. The molecule has 1 N–H and O–H groups in total. The van der Waals surface area contributed by atoms with E-state index in [1.165, 1.54) is 12.1 Å². The lowest BCUT2D eigenvalue weighted by Gasteiger charge is -2.12. The van der Waals surface area contributed by atoms with Crippen LogP contribution in [0.1, 0.15) is 20.7 Å². The van der Waals surface area contributed by atoms with Gasteiger partial charge in [-0.3, -0.25) is 14.4 Å². The van der Waals surface area contributed by atoms with E-state index < -0.39 is 17.8 Å². The highest BCUT2D eigenvalue weighted by Gasteiger charge is 2.38. The van der Waals surface area contributed by atoms with Crippen molar-refractivity contribution < 1.29 is 28.8 Å². The Morgan fingerprint density at radius 1 is 0.964 bits per heavy atom. The molecule has 0 bridgehead atoms. The number of carbonyl (C=O) groups excluding carboxylic acids is 4. The molecular formula is C19H16N2O6S. The minimum absolute atomic E-state index is 0.00322. The van der Waals surface area contributed by atoms with Crippen LogP contribution in [0.15, 0.2) is 48.5 Å². The maximum atomic E-state index is 12.1. The Labute approximate surface area is 164 Å². The van der Waals surface area contributed by atoms with Crippen LogP contribution in [0.5, 0.6) is 5.75 Å². The fourth-order valence-electron chi connectivity index (χ4n) is 2.48. The van der Waals surface area contributed by atoms with E-state index in [1.807, 2.05) is 0 Å². The molecule has 0 atom stereocenters. The van der Waals surface area contributed by atoms with Crippen LogP contribution >= 0.6 is 11.8 Å². The number of benzene rings is 2. The maximum Gasteiger partial charge on any atom is 0.343 e. The third kappa shape index (κ3) is 4.32. The average molecular weight is 400 g/mol. The Bertz CT molecular complexity index is 893. The largest absolute Gasteiger partial charge is 0.497 e. The summed E-state index contributed by atoms with van der Waals surface area (Å²) in [6.07, 6.45) is 0. The Hall–Kier alpha value is -3.33. The van der Waals surface area contributed by atoms with Gasteiger partial charge >= 0.3 is 5.97 Å². The summed E-state index contributed by atoms with van der Waals surface area (Å²) in [5.41, 5.74) is 0.971. The van der Waals surface area contributed by atoms with Crippen molar-refractivity contribution >= 4 is 41.1 Å². The molecule has 0 spiro atoms. The summed E-state index contributed by atoms with van der Waals surface area (Å²) in [5.74, 6) is -1.98. The van der Waals surface area contributed by atoms with Crippen molar-refractivity contribution in [2.45, 2.75) is 0 Å². The van der Waals surface area contributed by atoms with Crippen LogP contribution in [0.2, 0.25) is 0 Å². The number of hydroxylamine groups is 2.